The standard InChI is InChI=1S/C10H16N4OS/c1-3-4-10(5-6-10)7-8(15)14(11)9(16-2)13-12-7/h3-6,11H2,1-2H3. The van der Waals surface area contributed by atoms with Crippen molar-refractivity contribution in [3.8, 4) is 0 Å². The summed E-state index contributed by atoms with van der Waals surface area (Å²) in [5.41, 5.74) is 0.330. The molecule has 1 heterocycles. The van der Waals surface area contributed by atoms with Crippen LogP contribution in [-0.2, 0) is 5.41 Å². The summed E-state index contributed by atoms with van der Waals surface area (Å²) < 4.78 is 1.11. The van der Waals surface area contributed by atoms with Gasteiger partial charge in [-0.1, -0.05) is 25.1 Å². The first-order valence-corrected chi connectivity index (χ1v) is 6.66. The molecule has 0 spiro atoms. The number of aromatic nitrogens is 3. The second-order valence-corrected chi connectivity index (χ2v) is 5.01. The van der Waals surface area contributed by atoms with Gasteiger partial charge in [-0.15, -0.1) is 10.2 Å². The van der Waals surface area contributed by atoms with Crippen molar-refractivity contribution in [2.45, 2.75) is 43.2 Å². The summed E-state index contributed by atoms with van der Waals surface area (Å²) in [5.74, 6) is 5.70. The highest BCUT2D eigenvalue weighted by Gasteiger charge is 2.47. The van der Waals surface area contributed by atoms with Crippen LogP contribution in [0.4, 0.5) is 0 Å². The second-order valence-electron chi connectivity index (χ2n) is 4.24. The molecule has 0 atom stereocenters. The molecule has 6 heteroatoms. The van der Waals surface area contributed by atoms with Gasteiger partial charge in [0.05, 0.1) is 0 Å². The van der Waals surface area contributed by atoms with Crippen LogP contribution in [0.2, 0.25) is 0 Å². The summed E-state index contributed by atoms with van der Waals surface area (Å²) in [6.07, 6.45) is 5.93. The molecule has 1 fully saturated rings. The minimum atomic E-state index is -0.190. The highest BCUT2D eigenvalue weighted by molar-refractivity contribution is 7.98. The van der Waals surface area contributed by atoms with E-state index in [1.54, 1.807) is 0 Å². The van der Waals surface area contributed by atoms with Gasteiger partial charge in [-0.2, -0.15) is 4.68 Å². The molecule has 0 aromatic carbocycles. The number of hydrogen-bond acceptors (Lipinski definition) is 5. The van der Waals surface area contributed by atoms with E-state index < -0.39 is 0 Å². The maximum absolute atomic E-state index is 12.0. The van der Waals surface area contributed by atoms with E-state index in [4.69, 9.17) is 5.84 Å². The smallest absolute Gasteiger partial charge is 0.295 e. The Labute approximate surface area is 98.4 Å². The highest BCUT2D eigenvalue weighted by atomic mass is 32.2. The molecule has 2 rings (SSSR count). The zero-order valence-corrected chi connectivity index (χ0v) is 10.4. The van der Waals surface area contributed by atoms with Crippen LogP contribution in [-0.4, -0.2) is 21.1 Å². The van der Waals surface area contributed by atoms with Crippen molar-refractivity contribution in [1.29, 1.82) is 0 Å². The number of thioether (sulfide) groups is 1. The molecule has 5 nitrogen and oxygen atoms in total. The lowest BCUT2D eigenvalue weighted by molar-refractivity contribution is 0.543. The first-order chi connectivity index (χ1) is 7.64. The maximum atomic E-state index is 12.0. The predicted octanol–water partition coefficient (Wildman–Crippen LogP) is 0.906. The fourth-order valence-corrected chi connectivity index (χ4v) is 2.49. The van der Waals surface area contributed by atoms with E-state index in [9.17, 15) is 4.79 Å². The number of hydrogen-bond donors (Lipinski definition) is 1. The van der Waals surface area contributed by atoms with Crippen LogP contribution in [0.1, 0.15) is 38.3 Å². The summed E-state index contributed by atoms with van der Waals surface area (Å²) in [6.45, 7) is 2.12. The Kier molecular flexibility index (Phi) is 2.92. The molecule has 1 saturated carbocycles. The molecule has 1 aromatic heterocycles. The van der Waals surface area contributed by atoms with Gasteiger partial charge in [0.25, 0.3) is 5.56 Å². The van der Waals surface area contributed by atoms with Gasteiger partial charge in [-0.25, -0.2) is 0 Å². The van der Waals surface area contributed by atoms with Crippen LogP contribution in [0, 0.1) is 0 Å². The summed E-state index contributed by atoms with van der Waals surface area (Å²) in [6, 6.07) is 0. The average Bonchev–Trinajstić information content (AvgIpc) is 3.03. The van der Waals surface area contributed by atoms with Gasteiger partial charge < -0.3 is 5.84 Å². The molecular weight excluding hydrogens is 224 g/mol. The molecule has 88 valence electrons. The molecule has 0 bridgehead atoms. The molecule has 0 radical (unpaired) electrons. The van der Waals surface area contributed by atoms with Crippen LogP contribution in [0.5, 0.6) is 0 Å². The second kappa shape index (κ2) is 4.08. The highest BCUT2D eigenvalue weighted by Crippen LogP contribution is 2.49. The molecule has 16 heavy (non-hydrogen) atoms. The van der Waals surface area contributed by atoms with Gasteiger partial charge in [-0.05, 0) is 25.5 Å². The van der Waals surface area contributed by atoms with E-state index >= 15 is 0 Å². The van der Waals surface area contributed by atoms with Crippen molar-refractivity contribution < 1.29 is 0 Å². The van der Waals surface area contributed by atoms with E-state index in [-0.39, 0.29) is 11.0 Å². The average molecular weight is 240 g/mol. The maximum Gasteiger partial charge on any atom is 0.295 e. The lowest BCUT2D eigenvalue weighted by atomic mass is 9.97. The van der Waals surface area contributed by atoms with Crippen LogP contribution in [0.15, 0.2) is 9.95 Å². The van der Waals surface area contributed by atoms with Gasteiger partial charge in [0.1, 0.15) is 5.69 Å². The van der Waals surface area contributed by atoms with Crippen LogP contribution < -0.4 is 11.4 Å². The van der Waals surface area contributed by atoms with E-state index in [0.717, 1.165) is 30.4 Å². The van der Waals surface area contributed by atoms with Crippen molar-refractivity contribution in [3.05, 3.63) is 16.0 Å². The number of nitrogens with zero attached hydrogens (tertiary/aromatic N) is 3. The van der Waals surface area contributed by atoms with Crippen molar-refractivity contribution in [2.75, 3.05) is 12.1 Å². The Morgan fingerprint density at radius 2 is 2.19 bits per heavy atom. The van der Waals surface area contributed by atoms with Gasteiger partial charge in [-0.3, -0.25) is 4.79 Å². The third-order valence-corrected chi connectivity index (χ3v) is 3.77. The largest absolute Gasteiger partial charge is 0.334 e. The summed E-state index contributed by atoms with van der Waals surface area (Å²) >= 11 is 1.33. The normalized spacial score (nSPS) is 17.4. The predicted molar refractivity (Wildman–Crippen MR) is 64.0 cm³/mol. The van der Waals surface area contributed by atoms with E-state index in [2.05, 4.69) is 17.1 Å². The molecule has 1 aromatic rings. The Balaban J connectivity index is 2.44. The number of nitrogen functional groups attached to an aromatic ring is 1. The van der Waals surface area contributed by atoms with Crippen molar-refractivity contribution in [2.24, 2.45) is 0 Å². The topological polar surface area (TPSA) is 73.8 Å². The fraction of sp³-hybridized carbons (Fsp3) is 0.700. The molecule has 1 aliphatic carbocycles. The van der Waals surface area contributed by atoms with Gasteiger partial charge >= 0.3 is 0 Å². The first kappa shape index (κ1) is 11.4. The van der Waals surface area contributed by atoms with E-state index in [0.29, 0.717) is 10.9 Å². The molecule has 2 N–H and O–H groups in total. The third-order valence-electron chi connectivity index (χ3n) is 3.13. The Morgan fingerprint density at radius 1 is 1.50 bits per heavy atom. The zero-order chi connectivity index (χ0) is 11.8. The first-order valence-electron chi connectivity index (χ1n) is 5.44. The fourth-order valence-electron chi connectivity index (χ4n) is 2.09. The number of nitrogens with two attached hydrogens (primary N) is 1. The van der Waals surface area contributed by atoms with E-state index in [1.807, 2.05) is 6.26 Å². The Hall–Kier alpha value is -1.04. The van der Waals surface area contributed by atoms with Gasteiger partial charge in [0.2, 0.25) is 5.16 Å². The van der Waals surface area contributed by atoms with Gasteiger partial charge in [0.15, 0.2) is 0 Å². The summed E-state index contributed by atoms with van der Waals surface area (Å²) in [4.78, 5) is 12.0. The Bertz CT molecular complexity index is 453. The molecular formula is C10H16N4OS. The number of rotatable bonds is 4. The van der Waals surface area contributed by atoms with E-state index in [1.165, 1.54) is 11.8 Å². The minimum absolute atomic E-state index is 0.0309. The van der Waals surface area contributed by atoms with Crippen LogP contribution in [0.3, 0.4) is 0 Å². The van der Waals surface area contributed by atoms with Crippen LogP contribution in [0.25, 0.3) is 0 Å². The molecule has 0 unspecified atom stereocenters. The molecule has 0 saturated heterocycles. The third kappa shape index (κ3) is 1.71. The summed E-state index contributed by atoms with van der Waals surface area (Å²) in [5, 5.41) is 8.53. The molecule has 1 aliphatic rings. The van der Waals surface area contributed by atoms with Crippen LogP contribution >= 0.6 is 11.8 Å². The monoisotopic (exact) mass is 240 g/mol. The SMILES string of the molecule is CCCC1(c2nnc(SC)n(N)c2=O)CC1. The molecule has 0 aliphatic heterocycles. The zero-order valence-electron chi connectivity index (χ0n) is 9.56. The minimum Gasteiger partial charge on any atom is -0.334 e. The van der Waals surface area contributed by atoms with Crippen molar-refractivity contribution in [3.63, 3.8) is 0 Å². The lowest BCUT2D eigenvalue weighted by Gasteiger charge is -2.13. The lowest BCUT2D eigenvalue weighted by Crippen LogP contribution is -2.36. The molecule has 0 amide bonds. The Morgan fingerprint density at radius 3 is 2.69 bits per heavy atom. The quantitative estimate of drug-likeness (QED) is 0.625. The van der Waals surface area contributed by atoms with Crippen molar-refractivity contribution >= 4 is 11.8 Å². The van der Waals surface area contributed by atoms with Crippen molar-refractivity contribution in [1.82, 2.24) is 14.9 Å². The summed E-state index contributed by atoms with van der Waals surface area (Å²) in [7, 11) is 0. The van der Waals surface area contributed by atoms with Gasteiger partial charge in [0, 0.05) is 5.41 Å².